The average molecular weight is 724 g/mol. The number of unbranched alkanes of at least 4 members (excludes halogenated alkanes) is 19. The highest BCUT2D eigenvalue weighted by atomic mass is 16.7. The van der Waals surface area contributed by atoms with Crippen LogP contribution in [0.15, 0.2) is 36.5 Å². The van der Waals surface area contributed by atoms with Crippen molar-refractivity contribution in [2.45, 2.75) is 211 Å². The highest BCUT2D eigenvalue weighted by Crippen LogP contribution is 2.22. The standard InChI is InChI=1S/C42H77NO8/c1-3-5-7-9-11-13-15-17-18-20-21-23-25-27-29-31-36(45)35(34-50-42-41(49)40(48)39(47)37(33-44)51-42)43-38(46)32-30-28-26-24-22-19-16-14-12-10-8-6-4-2/h8,10,14,16,29,31,35-37,39-42,44-45,47-49H,3-7,9,11-13,15,17-28,30,32-34H2,1-2H3,(H,43,46)/b10-8-,16-14-,31-29+. The predicted octanol–water partition coefficient (Wildman–Crippen LogP) is 7.72. The van der Waals surface area contributed by atoms with Gasteiger partial charge in [0.2, 0.25) is 5.91 Å². The van der Waals surface area contributed by atoms with E-state index in [2.05, 4.69) is 43.5 Å². The van der Waals surface area contributed by atoms with Crippen LogP contribution in [0.4, 0.5) is 0 Å². The Kier molecular flexibility index (Phi) is 30.7. The molecule has 9 nitrogen and oxygen atoms in total. The maximum atomic E-state index is 12.9. The molecule has 1 rings (SSSR count). The summed E-state index contributed by atoms with van der Waals surface area (Å²) in [5.74, 6) is -0.194. The number of aliphatic hydroxyl groups is 5. The Morgan fingerprint density at radius 3 is 1.76 bits per heavy atom. The predicted molar refractivity (Wildman–Crippen MR) is 207 cm³/mol. The quantitative estimate of drug-likeness (QED) is 0.0298. The van der Waals surface area contributed by atoms with Crippen LogP contribution in [-0.4, -0.2) is 87.5 Å². The fourth-order valence-electron chi connectivity index (χ4n) is 6.31. The summed E-state index contributed by atoms with van der Waals surface area (Å²) in [4.78, 5) is 12.9. The van der Waals surface area contributed by atoms with Gasteiger partial charge in [0.25, 0.3) is 0 Å². The Labute approximate surface area is 311 Å². The van der Waals surface area contributed by atoms with Gasteiger partial charge in [0.15, 0.2) is 6.29 Å². The van der Waals surface area contributed by atoms with Gasteiger partial charge in [-0.3, -0.25) is 4.79 Å². The van der Waals surface area contributed by atoms with Crippen molar-refractivity contribution < 1.29 is 39.8 Å². The lowest BCUT2D eigenvalue weighted by molar-refractivity contribution is -0.302. The third-order valence-corrected chi connectivity index (χ3v) is 9.69. The minimum Gasteiger partial charge on any atom is -0.394 e. The number of allylic oxidation sites excluding steroid dienone is 5. The number of hydrogen-bond donors (Lipinski definition) is 6. The van der Waals surface area contributed by atoms with Crippen LogP contribution in [-0.2, 0) is 14.3 Å². The topological polar surface area (TPSA) is 149 Å². The summed E-state index contributed by atoms with van der Waals surface area (Å²) in [5, 5.41) is 54.0. The molecule has 7 unspecified atom stereocenters. The van der Waals surface area contributed by atoms with Crippen LogP contribution in [0.25, 0.3) is 0 Å². The third kappa shape index (κ3) is 24.4. The number of nitrogens with one attached hydrogen (secondary N) is 1. The molecule has 1 saturated heterocycles. The monoisotopic (exact) mass is 724 g/mol. The van der Waals surface area contributed by atoms with Gasteiger partial charge in [-0.25, -0.2) is 0 Å². The maximum Gasteiger partial charge on any atom is 0.220 e. The fraction of sp³-hybridized carbons (Fsp3) is 0.833. The van der Waals surface area contributed by atoms with E-state index >= 15 is 0 Å². The van der Waals surface area contributed by atoms with E-state index in [1.807, 2.05) is 6.08 Å². The Hall–Kier alpha value is -1.59. The molecule has 1 aliphatic heterocycles. The number of ether oxygens (including phenoxy) is 2. The van der Waals surface area contributed by atoms with Crippen LogP contribution < -0.4 is 5.32 Å². The largest absolute Gasteiger partial charge is 0.394 e. The molecule has 51 heavy (non-hydrogen) atoms. The SMILES string of the molecule is CCC/C=C\C/C=C\CCCCCCCC(=O)NC(COC1OC(CO)C(O)C(O)C1O)C(O)/C=C/CCCCCCCCCCCCCCC. The Balaban J connectivity index is 2.44. The molecular formula is C42H77NO8. The summed E-state index contributed by atoms with van der Waals surface area (Å²) in [6, 6.07) is -0.809. The van der Waals surface area contributed by atoms with Crippen molar-refractivity contribution in [3.63, 3.8) is 0 Å². The van der Waals surface area contributed by atoms with Crippen LogP contribution in [0.2, 0.25) is 0 Å². The minimum atomic E-state index is -1.57. The summed E-state index contributed by atoms with van der Waals surface area (Å²) >= 11 is 0. The molecule has 298 valence electrons. The fourth-order valence-corrected chi connectivity index (χ4v) is 6.31. The number of carbonyl (C=O) groups excluding carboxylic acids is 1. The first-order valence-electron chi connectivity index (χ1n) is 20.7. The Morgan fingerprint density at radius 1 is 0.667 bits per heavy atom. The average Bonchev–Trinajstić information content (AvgIpc) is 3.13. The molecule has 0 spiro atoms. The van der Waals surface area contributed by atoms with Crippen molar-refractivity contribution >= 4 is 5.91 Å². The second kappa shape index (κ2) is 33.0. The molecule has 9 heteroatoms. The molecule has 0 aliphatic carbocycles. The maximum absolute atomic E-state index is 12.9. The second-order valence-corrected chi connectivity index (χ2v) is 14.4. The number of rotatable bonds is 33. The molecule has 0 aromatic heterocycles. The summed E-state index contributed by atoms with van der Waals surface area (Å²) in [7, 11) is 0. The lowest BCUT2D eigenvalue weighted by atomic mass is 9.99. The van der Waals surface area contributed by atoms with E-state index in [9.17, 15) is 30.3 Å². The zero-order valence-electron chi connectivity index (χ0n) is 32.4. The molecule has 1 amide bonds. The highest BCUT2D eigenvalue weighted by Gasteiger charge is 2.44. The molecule has 7 atom stereocenters. The molecule has 1 aliphatic rings. The second-order valence-electron chi connectivity index (χ2n) is 14.4. The van der Waals surface area contributed by atoms with Crippen molar-refractivity contribution in [1.29, 1.82) is 0 Å². The van der Waals surface area contributed by atoms with Crippen LogP contribution in [0, 0.1) is 0 Å². The number of hydrogen-bond acceptors (Lipinski definition) is 8. The van der Waals surface area contributed by atoms with Gasteiger partial charge < -0.3 is 40.3 Å². The van der Waals surface area contributed by atoms with Crippen LogP contribution in [0.5, 0.6) is 0 Å². The summed E-state index contributed by atoms with van der Waals surface area (Å²) in [6.45, 7) is 3.68. The van der Waals surface area contributed by atoms with Gasteiger partial charge >= 0.3 is 0 Å². The summed E-state index contributed by atoms with van der Waals surface area (Å²) in [6.07, 6.45) is 31.8. The van der Waals surface area contributed by atoms with Gasteiger partial charge in [-0.05, 0) is 44.9 Å². The van der Waals surface area contributed by atoms with Gasteiger partial charge in [-0.15, -0.1) is 0 Å². The van der Waals surface area contributed by atoms with Crippen molar-refractivity contribution in [3.8, 4) is 0 Å². The Bertz CT molecular complexity index is 894. The first-order chi connectivity index (χ1) is 24.8. The van der Waals surface area contributed by atoms with Crippen LogP contribution in [0.1, 0.15) is 168 Å². The zero-order valence-corrected chi connectivity index (χ0v) is 32.4. The van der Waals surface area contributed by atoms with E-state index in [1.54, 1.807) is 6.08 Å². The Morgan fingerprint density at radius 2 is 1.20 bits per heavy atom. The molecule has 1 heterocycles. The highest BCUT2D eigenvalue weighted by molar-refractivity contribution is 5.76. The van der Waals surface area contributed by atoms with Crippen LogP contribution >= 0.6 is 0 Å². The zero-order chi connectivity index (χ0) is 37.4. The lowest BCUT2D eigenvalue weighted by Gasteiger charge is -2.40. The van der Waals surface area contributed by atoms with E-state index in [-0.39, 0.29) is 12.5 Å². The number of carbonyl (C=O) groups is 1. The molecule has 0 saturated carbocycles. The summed E-state index contributed by atoms with van der Waals surface area (Å²) in [5.41, 5.74) is 0. The van der Waals surface area contributed by atoms with E-state index < -0.39 is 49.5 Å². The van der Waals surface area contributed by atoms with Gasteiger partial charge in [-0.1, -0.05) is 153 Å². The van der Waals surface area contributed by atoms with E-state index in [0.29, 0.717) is 6.42 Å². The first-order valence-corrected chi connectivity index (χ1v) is 20.7. The van der Waals surface area contributed by atoms with Crippen molar-refractivity contribution in [2.24, 2.45) is 0 Å². The molecular weight excluding hydrogens is 646 g/mol. The summed E-state index contributed by atoms with van der Waals surface area (Å²) < 4.78 is 11.2. The molecule has 0 radical (unpaired) electrons. The third-order valence-electron chi connectivity index (χ3n) is 9.69. The van der Waals surface area contributed by atoms with E-state index in [4.69, 9.17) is 9.47 Å². The normalized spacial score (nSPS) is 22.4. The van der Waals surface area contributed by atoms with Crippen molar-refractivity contribution in [3.05, 3.63) is 36.5 Å². The lowest BCUT2D eigenvalue weighted by Crippen LogP contribution is -2.60. The minimum absolute atomic E-state index is 0.194. The van der Waals surface area contributed by atoms with Crippen LogP contribution in [0.3, 0.4) is 0 Å². The smallest absolute Gasteiger partial charge is 0.220 e. The van der Waals surface area contributed by atoms with Gasteiger partial charge in [-0.2, -0.15) is 0 Å². The number of aliphatic hydroxyl groups excluding tert-OH is 5. The van der Waals surface area contributed by atoms with Gasteiger partial charge in [0.05, 0.1) is 25.4 Å². The van der Waals surface area contributed by atoms with Crippen molar-refractivity contribution in [1.82, 2.24) is 5.32 Å². The first kappa shape index (κ1) is 47.4. The number of amides is 1. The molecule has 1 fully saturated rings. The van der Waals surface area contributed by atoms with E-state index in [1.165, 1.54) is 77.0 Å². The molecule has 6 N–H and O–H groups in total. The molecule has 0 aromatic carbocycles. The van der Waals surface area contributed by atoms with Gasteiger partial charge in [0.1, 0.15) is 24.4 Å². The van der Waals surface area contributed by atoms with Crippen molar-refractivity contribution in [2.75, 3.05) is 13.2 Å². The molecule has 0 aromatic rings. The van der Waals surface area contributed by atoms with Gasteiger partial charge in [0, 0.05) is 6.42 Å². The van der Waals surface area contributed by atoms with E-state index in [0.717, 1.165) is 70.6 Å². The molecule has 0 bridgehead atoms.